The first-order chi connectivity index (χ1) is 13.6. The predicted molar refractivity (Wildman–Crippen MR) is 113 cm³/mol. The van der Waals surface area contributed by atoms with E-state index < -0.39 is 0 Å². The summed E-state index contributed by atoms with van der Waals surface area (Å²) < 4.78 is 0. The third-order valence-electron chi connectivity index (χ3n) is 5.22. The molecule has 5 heteroatoms. The summed E-state index contributed by atoms with van der Waals surface area (Å²) in [4.78, 5) is 25.6. The molecule has 138 valence electrons. The van der Waals surface area contributed by atoms with E-state index >= 15 is 0 Å². The minimum absolute atomic E-state index is 0.0340. The second-order valence-corrected chi connectivity index (χ2v) is 8.50. The molecular weight excluding hydrogens is 368 g/mol. The Morgan fingerprint density at radius 3 is 2.75 bits per heavy atom. The van der Waals surface area contributed by atoms with Gasteiger partial charge in [0.25, 0.3) is 5.91 Å². The van der Waals surface area contributed by atoms with Crippen molar-refractivity contribution in [2.45, 2.75) is 23.5 Å². The Hall–Kier alpha value is -3.05. The zero-order valence-electron chi connectivity index (χ0n) is 15.3. The monoisotopic (exact) mass is 386 g/mol. The van der Waals surface area contributed by atoms with Gasteiger partial charge in [-0.05, 0) is 65.9 Å². The molecule has 4 nitrogen and oxygen atoms in total. The molecule has 1 aliphatic carbocycles. The number of benzene rings is 3. The van der Waals surface area contributed by atoms with Gasteiger partial charge in [-0.25, -0.2) is 0 Å². The van der Waals surface area contributed by atoms with Gasteiger partial charge in [-0.3, -0.25) is 9.59 Å². The van der Waals surface area contributed by atoms with Crippen LogP contribution in [-0.2, 0) is 11.2 Å². The third kappa shape index (κ3) is 2.88. The molecule has 0 fully saturated rings. The number of thioether (sulfide) groups is 1. The van der Waals surface area contributed by atoms with Crippen molar-refractivity contribution < 1.29 is 9.59 Å². The number of hydrogen-bond donors (Lipinski definition) is 2. The largest absolute Gasteiger partial charge is 0.324 e. The third-order valence-corrected chi connectivity index (χ3v) is 6.40. The maximum atomic E-state index is 12.7. The van der Waals surface area contributed by atoms with Crippen molar-refractivity contribution in [3.8, 4) is 11.1 Å². The lowest BCUT2D eigenvalue weighted by molar-refractivity contribution is -0.115. The van der Waals surface area contributed by atoms with Gasteiger partial charge >= 0.3 is 0 Å². The Balaban J connectivity index is 1.38. The van der Waals surface area contributed by atoms with Crippen LogP contribution < -0.4 is 10.6 Å². The van der Waals surface area contributed by atoms with Crippen molar-refractivity contribution in [2.75, 3.05) is 10.6 Å². The van der Waals surface area contributed by atoms with E-state index in [0.717, 1.165) is 17.0 Å². The van der Waals surface area contributed by atoms with Gasteiger partial charge in [-0.2, -0.15) is 0 Å². The Kier molecular flexibility index (Phi) is 3.98. The molecule has 1 unspecified atom stereocenters. The van der Waals surface area contributed by atoms with Crippen LogP contribution in [0.5, 0.6) is 0 Å². The fraction of sp³-hybridized carbons (Fsp3) is 0.130. The van der Waals surface area contributed by atoms with Gasteiger partial charge in [0.15, 0.2) is 0 Å². The first-order valence-corrected chi connectivity index (χ1v) is 10.1. The van der Waals surface area contributed by atoms with Crippen LogP contribution >= 0.6 is 11.8 Å². The highest BCUT2D eigenvalue weighted by Crippen LogP contribution is 2.38. The molecule has 1 heterocycles. The molecule has 0 radical (unpaired) electrons. The molecule has 1 aliphatic heterocycles. The van der Waals surface area contributed by atoms with Crippen molar-refractivity contribution in [3.05, 3.63) is 77.4 Å². The standard InChI is InChI=1S/C23H18N2O2S/c1-13-22(26)25-20-12-15(6-9-21(20)28-13)23(27)24-17-7-8-19-16(11-17)10-14-4-2-3-5-18(14)19/h2-9,11-13H,10H2,1H3,(H,24,27)(H,25,26). The first-order valence-electron chi connectivity index (χ1n) is 9.22. The number of rotatable bonds is 2. The maximum Gasteiger partial charge on any atom is 0.255 e. The van der Waals surface area contributed by atoms with Gasteiger partial charge in [0, 0.05) is 16.1 Å². The summed E-state index contributed by atoms with van der Waals surface area (Å²) in [7, 11) is 0. The SMILES string of the molecule is CC1Sc2ccc(C(=O)Nc3ccc4c(c3)Cc3ccccc3-4)cc2NC1=O. The summed E-state index contributed by atoms with van der Waals surface area (Å²) in [5, 5.41) is 5.73. The van der Waals surface area contributed by atoms with E-state index in [9.17, 15) is 9.59 Å². The molecule has 0 aromatic heterocycles. The summed E-state index contributed by atoms with van der Waals surface area (Å²) in [5.74, 6) is -0.218. The molecule has 0 saturated heterocycles. The number of hydrogen-bond acceptors (Lipinski definition) is 3. The van der Waals surface area contributed by atoms with Gasteiger partial charge in [0.05, 0.1) is 10.9 Å². The van der Waals surface area contributed by atoms with Crippen molar-refractivity contribution >= 4 is 35.0 Å². The van der Waals surface area contributed by atoms with Crippen LogP contribution in [0, 0.1) is 0 Å². The number of carbonyl (C=O) groups is 2. The van der Waals surface area contributed by atoms with E-state index in [1.807, 2.05) is 25.1 Å². The average molecular weight is 386 g/mol. The summed E-state index contributed by atoms with van der Waals surface area (Å²) >= 11 is 1.51. The number of anilines is 2. The molecule has 2 N–H and O–H groups in total. The Morgan fingerprint density at radius 2 is 1.86 bits per heavy atom. The summed E-state index contributed by atoms with van der Waals surface area (Å²) in [6, 6.07) is 19.9. The molecule has 0 saturated carbocycles. The highest BCUT2D eigenvalue weighted by molar-refractivity contribution is 8.00. The van der Waals surface area contributed by atoms with E-state index in [0.29, 0.717) is 11.3 Å². The van der Waals surface area contributed by atoms with Crippen molar-refractivity contribution in [3.63, 3.8) is 0 Å². The summed E-state index contributed by atoms with van der Waals surface area (Å²) in [6.45, 7) is 1.87. The maximum absolute atomic E-state index is 12.7. The van der Waals surface area contributed by atoms with Crippen LogP contribution in [0.2, 0.25) is 0 Å². The number of carbonyl (C=O) groups excluding carboxylic acids is 2. The smallest absolute Gasteiger partial charge is 0.255 e. The highest BCUT2D eigenvalue weighted by Gasteiger charge is 2.24. The molecule has 28 heavy (non-hydrogen) atoms. The second-order valence-electron chi connectivity index (χ2n) is 7.12. The van der Waals surface area contributed by atoms with E-state index in [1.165, 1.54) is 34.0 Å². The molecule has 2 amide bonds. The predicted octanol–water partition coefficient (Wildman–Crippen LogP) is 4.94. The minimum Gasteiger partial charge on any atom is -0.324 e. The molecule has 3 aromatic carbocycles. The van der Waals surface area contributed by atoms with Crippen LogP contribution in [0.15, 0.2) is 65.6 Å². The first kappa shape index (κ1) is 17.1. The molecule has 5 rings (SSSR count). The van der Waals surface area contributed by atoms with Gasteiger partial charge in [-0.1, -0.05) is 30.3 Å². The number of nitrogens with one attached hydrogen (secondary N) is 2. The van der Waals surface area contributed by atoms with Gasteiger partial charge in [0.1, 0.15) is 0 Å². The van der Waals surface area contributed by atoms with Gasteiger partial charge < -0.3 is 10.6 Å². The van der Waals surface area contributed by atoms with Gasteiger partial charge in [0.2, 0.25) is 5.91 Å². The fourth-order valence-corrected chi connectivity index (χ4v) is 4.71. The summed E-state index contributed by atoms with van der Waals surface area (Å²) in [6.07, 6.45) is 0.884. The lowest BCUT2D eigenvalue weighted by Gasteiger charge is -2.21. The molecule has 0 bridgehead atoms. The van der Waals surface area contributed by atoms with Crippen LogP contribution in [0.3, 0.4) is 0 Å². The fourth-order valence-electron chi connectivity index (χ4n) is 3.78. The summed E-state index contributed by atoms with van der Waals surface area (Å²) in [5.41, 5.74) is 7.05. The second kappa shape index (κ2) is 6.53. The van der Waals surface area contributed by atoms with Crippen LogP contribution in [-0.4, -0.2) is 17.1 Å². The van der Waals surface area contributed by atoms with Crippen LogP contribution in [0.4, 0.5) is 11.4 Å². The zero-order valence-corrected chi connectivity index (χ0v) is 16.1. The minimum atomic E-state index is -0.184. The van der Waals surface area contributed by atoms with Crippen molar-refractivity contribution in [1.29, 1.82) is 0 Å². The Morgan fingerprint density at radius 1 is 1.04 bits per heavy atom. The number of amides is 2. The zero-order chi connectivity index (χ0) is 19.3. The lowest BCUT2D eigenvalue weighted by atomic mass is 10.1. The van der Waals surface area contributed by atoms with E-state index in [-0.39, 0.29) is 17.1 Å². The van der Waals surface area contributed by atoms with E-state index in [1.54, 1.807) is 12.1 Å². The highest BCUT2D eigenvalue weighted by atomic mass is 32.2. The molecule has 3 aromatic rings. The molecule has 1 atom stereocenters. The number of fused-ring (bicyclic) bond motifs is 4. The molecular formula is C23H18N2O2S. The van der Waals surface area contributed by atoms with E-state index in [2.05, 4.69) is 41.0 Å². The average Bonchev–Trinajstić information content (AvgIpc) is 3.06. The lowest BCUT2D eigenvalue weighted by Crippen LogP contribution is -2.26. The molecule has 0 spiro atoms. The van der Waals surface area contributed by atoms with Crippen molar-refractivity contribution in [1.82, 2.24) is 0 Å². The Labute approximate surface area is 167 Å². The topological polar surface area (TPSA) is 58.2 Å². The normalized spacial score (nSPS) is 16.6. The van der Waals surface area contributed by atoms with Crippen LogP contribution in [0.25, 0.3) is 11.1 Å². The van der Waals surface area contributed by atoms with Gasteiger partial charge in [-0.15, -0.1) is 11.8 Å². The van der Waals surface area contributed by atoms with Crippen LogP contribution in [0.1, 0.15) is 28.4 Å². The molecule has 2 aliphatic rings. The van der Waals surface area contributed by atoms with Crippen molar-refractivity contribution in [2.24, 2.45) is 0 Å². The Bertz CT molecular complexity index is 1140. The van der Waals surface area contributed by atoms with E-state index in [4.69, 9.17) is 0 Å². The quantitative estimate of drug-likeness (QED) is 0.513.